The first kappa shape index (κ1) is 27.3. The molecule has 38 heavy (non-hydrogen) atoms. The highest BCUT2D eigenvalue weighted by molar-refractivity contribution is 7.90. The number of carbonyl (C=O) groups excluding carboxylic acids is 1. The number of nitrogens with one attached hydrogen (secondary N) is 1. The van der Waals surface area contributed by atoms with Crippen molar-refractivity contribution >= 4 is 27.6 Å². The molecule has 4 rings (SSSR count). The van der Waals surface area contributed by atoms with E-state index in [1.54, 1.807) is 12.1 Å². The van der Waals surface area contributed by atoms with Crippen molar-refractivity contribution in [2.24, 2.45) is 11.8 Å². The number of carbonyl (C=O) groups is 1. The van der Waals surface area contributed by atoms with E-state index in [4.69, 9.17) is 10.5 Å². The maximum absolute atomic E-state index is 14.9. The Morgan fingerprint density at radius 1 is 1.18 bits per heavy atom. The first-order valence-corrected chi connectivity index (χ1v) is 14.0. The minimum atomic E-state index is -4.29. The van der Waals surface area contributed by atoms with Crippen molar-refractivity contribution in [1.82, 2.24) is 14.7 Å². The van der Waals surface area contributed by atoms with Gasteiger partial charge in [0.15, 0.2) is 5.03 Å². The number of hydrogen-bond acceptors (Lipinski definition) is 8. The predicted octanol–water partition coefficient (Wildman–Crippen LogP) is 4.75. The fourth-order valence-corrected chi connectivity index (χ4v) is 5.04. The van der Waals surface area contributed by atoms with Gasteiger partial charge >= 0.3 is 0 Å². The van der Waals surface area contributed by atoms with E-state index in [0.717, 1.165) is 12.8 Å². The molecule has 206 valence electrons. The number of hydrogen-bond donors (Lipinski definition) is 2. The summed E-state index contributed by atoms with van der Waals surface area (Å²) in [5.41, 5.74) is 6.20. The number of nitrogens with zero attached hydrogens (tertiary/aromatic N) is 3. The lowest BCUT2D eigenvalue weighted by Gasteiger charge is -2.32. The Hall–Kier alpha value is -3.73. The molecule has 1 fully saturated rings. The second kappa shape index (κ2) is 11.3. The molecule has 3 heterocycles. The number of benzene rings is 1. The number of nitrogens with two attached hydrogens (primary N) is 1. The highest BCUT2D eigenvalue weighted by atomic mass is 32.2. The zero-order chi connectivity index (χ0) is 27.4. The normalized spacial score (nSPS) is 14.5. The summed E-state index contributed by atoms with van der Waals surface area (Å²) in [6.07, 6.45) is 1.76. The van der Waals surface area contributed by atoms with Crippen molar-refractivity contribution in [2.45, 2.75) is 38.6 Å². The van der Waals surface area contributed by atoms with Crippen LogP contribution >= 0.6 is 0 Å². The Balaban J connectivity index is 0.00000280. The molecule has 11 heteroatoms. The fraction of sp³-hybridized carbons (Fsp3) is 0.370. The van der Waals surface area contributed by atoms with Gasteiger partial charge in [0, 0.05) is 21.5 Å². The second-order valence-electron chi connectivity index (χ2n) is 9.92. The zero-order valence-corrected chi connectivity index (χ0v) is 22.5. The van der Waals surface area contributed by atoms with Gasteiger partial charge in [-0.2, -0.15) is 8.42 Å². The topological polar surface area (TPSA) is 128 Å². The van der Waals surface area contributed by atoms with E-state index < -0.39 is 21.7 Å². The molecule has 0 saturated carbocycles. The number of rotatable bonds is 8. The molecule has 0 aliphatic carbocycles. The number of piperidine rings is 1. The van der Waals surface area contributed by atoms with Gasteiger partial charge in [-0.25, -0.2) is 19.1 Å². The lowest BCUT2D eigenvalue weighted by atomic mass is 9.98. The number of pyridine rings is 2. The van der Waals surface area contributed by atoms with Crippen LogP contribution in [0.25, 0.3) is 11.3 Å². The van der Waals surface area contributed by atoms with Crippen LogP contribution in [-0.2, 0) is 10.0 Å². The SMILES string of the molecule is CC(C)COc1ccc(F)c(-c2ccc(C(=O)NS(=O)(=O)c3cccc(N)n3)c(N3CCC(C)CC3)n2)c1.[HH].[HH]. The molecule has 0 bridgehead atoms. The minimum absolute atomic E-state index is 0. The molecule has 0 spiro atoms. The van der Waals surface area contributed by atoms with E-state index in [2.05, 4.69) is 21.6 Å². The lowest BCUT2D eigenvalue weighted by molar-refractivity contribution is 0.0981. The molecule has 0 radical (unpaired) electrons. The van der Waals surface area contributed by atoms with Gasteiger partial charge in [0.1, 0.15) is 23.2 Å². The van der Waals surface area contributed by atoms with Gasteiger partial charge in [0.05, 0.1) is 17.9 Å². The van der Waals surface area contributed by atoms with E-state index in [9.17, 15) is 17.6 Å². The van der Waals surface area contributed by atoms with E-state index in [0.29, 0.717) is 43.0 Å². The smallest absolute Gasteiger partial charge is 0.281 e. The van der Waals surface area contributed by atoms with Crippen LogP contribution in [0.15, 0.2) is 53.6 Å². The largest absolute Gasteiger partial charge is 0.493 e. The zero-order valence-electron chi connectivity index (χ0n) is 21.6. The Bertz CT molecular complexity index is 1430. The molecule has 1 aromatic carbocycles. The summed E-state index contributed by atoms with van der Waals surface area (Å²) in [5, 5.41) is -0.371. The molecule has 2 aromatic heterocycles. The molecule has 0 atom stereocenters. The van der Waals surface area contributed by atoms with E-state index in [-0.39, 0.29) is 30.6 Å². The van der Waals surface area contributed by atoms with Crippen molar-refractivity contribution in [2.75, 3.05) is 30.3 Å². The van der Waals surface area contributed by atoms with Crippen LogP contribution in [0.4, 0.5) is 16.0 Å². The van der Waals surface area contributed by atoms with Crippen LogP contribution in [0.2, 0.25) is 0 Å². The van der Waals surface area contributed by atoms with Crippen molar-refractivity contribution in [3.63, 3.8) is 0 Å². The molecular weight excluding hydrogens is 509 g/mol. The average Bonchev–Trinajstić information content (AvgIpc) is 2.88. The van der Waals surface area contributed by atoms with Crippen LogP contribution in [-0.4, -0.2) is 44.0 Å². The van der Waals surface area contributed by atoms with Crippen LogP contribution in [0, 0.1) is 17.7 Å². The number of halogens is 1. The standard InChI is InChI=1S/C27H32FN5O4S.2H2/c1-17(2)16-37-19-7-9-22(28)21(15-19)23-10-8-20(26(30-23)33-13-11-18(3)12-14-33)27(34)32-38(35,36)25-6-4-5-24(29)31-25;;/h4-10,15,17-18H,11-14,16H2,1-3H3,(H2,29,31)(H,32,34);2*1H. The summed E-state index contributed by atoms with van der Waals surface area (Å²) < 4.78 is 48.4. The first-order chi connectivity index (χ1) is 18.0. The summed E-state index contributed by atoms with van der Waals surface area (Å²) in [6, 6.07) is 11.6. The molecule has 1 amide bonds. The van der Waals surface area contributed by atoms with E-state index in [1.807, 2.05) is 18.7 Å². The van der Waals surface area contributed by atoms with Crippen molar-refractivity contribution in [3.05, 3.63) is 59.9 Å². The summed E-state index contributed by atoms with van der Waals surface area (Å²) in [6.45, 7) is 7.92. The molecule has 3 aromatic rings. The predicted molar refractivity (Wildman–Crippen MR) is 148 cm³/mol. The summed E-state index contributed by atoms with van der Waals surface area (Å²) in [7, 11) is -4.29. The van der Waals surface area contributed by atoms with Gasteiger partial charge < -0.3 is 15.4 Å². The third-order valence-corrected chi connectivity index (χ3v) is 7.48. The molecule has 9 nitrogen and oxygen atoms in total. The fourth-order valence-electron chi connectivity index (χ4n) is 4.10. The van der Waals surface area contributed by atoms with E-state index >= 15 is 0 Å². The molecule has 1 aliphatic rings. The number of amides is 1. The molecule has 3 N–H and O–H groups in total. The van der Waals surface area contributed by atoms with Gasteiger partial charge in [-0.1, -0.05) is 26.8 Å². The van der Waals surface area contributed by atoms with Crippen LogP contribution in [0.3, 0.4) is 0 Å². The number of aromatic nitrogens is 2. The summed E-state index contributed by atoms with van der Waals surface area (Å²) >= 11 is 0. The number of anilines is 2. The maximum atomic E-state index is 14.9. The monoisotopic (exact) mass is 545 g/mol. The number of sulfonamides is 1. The summed E-state index contributed by atoms with van der Waals surface area (Å²) in [5.74, 6) is 0.260. The average molecular weight is 546 g/mol. The molecule has 1 saturated heterocycles. The van der Waals surface area contributed by atoms with Crippen molar-refractivity contribution < 1.29 is 25.2 Å². The Morgan fingerprint density at radius 3 is 2.61 bits per heavy atom. The minimum Gasteiger partial charge on any atom is -0.493 e. The van der Waals surface area contributed by atoms with Gasteiger partial charge in [-0.3, -0.25) is 4.79 Å². The van der Waals surface area contributed by atoms with Crippen LogP contribution < -0.4 is 20.1 Å². The highest BCUT2D eigenvalue weighted by Crippen LogP contribution is 2.31. The lowest BCUT2D eigenvalue weighted by Crippen LogP contribution is -2.37. The Labute approximate surface area is 225 Å². The maximum Gasteiger partial charge on any atom is 0.281 e. The quantitative estimate of drug-likeness (QED) is 0.415. The van der Waals surface area contributed by atoms with Gasteiger partial charge in [0.2, 0.25) is 0 Å². The van der Waals surface area contributed by atoms with E-state index in [1.165, 1.54) is 36.4 Å². The molecule has 1 aliphatic heterocycles. The van der Waals surface area contributed by atoms with Gasteiger partial charge in [-0.15, -0.1) is 0 Å². The number of ether oxygens (including phenoxy) is 1. The van der Waals surface area contributed by atoms with Crippen LogP contribution in [0.5, 0.6) is 5.75 Å². The third-order valence-electron chi connectivity index (χ3n) is 6.25. The second-order valence-corrected chi connectivity index (χ2v) is 11.5. The Kier molecular flexibility index (Phi) is 8.15. The van der Waals surface area contributed by atoms with Crippen molar-refractivity contribution in [1.29, 1.82) is 0 Å². The first-order valence-electron chi connectivity index (χ1n) is 12.5. The van der Waals surface area contributed by atoms with Gasteiger partial charge in [0.25, 0.3) is 15.9 Å². The highest BCUT2D eigenvalue weighted by Gasteiger charge is 2.27. The van der Waals surface area contributed by atoms with Gasteiger partial charge in [-0.05, 0) is 67.1 Å². The molecule has 0 unspecified atom stereocenters. The number of nitrogen functional groups attached to an aromatic ring is 1. The molecular formula is C27H36FN5O4S. The summed E-state index contributed by atoms with van der Waals surface area (Å²) in [4.78, 5) is 23.7. The third kappa shape index (κ3) is 6.39. The van der Waals surface area contributed by atoms with Crippen molar-refractivity contribution in [3.8, 4) is 17.0 Å². The van der Waals surface area contributed by atoms with Crippen LogP contribution in [0.1, 0.15) is 46.8 Å². The Morgan fingerprint density at radius 2 is 1.92 bits per heavy atom.